The average molecular weight is 384 g/mol. The van der Waals surface area contributed by atoms with Gasteiger partial charge >= 0.3 is 0 Å². The van der Waals surface area contributed by atoms with E-state index in [4.69, 9.17) is 17.0 Å². The van der Waals surface area contributed by atoms with Gasteiger partial charge in [-0.3, -0.25) is 4.79 Å². The van der Waals surface area contributed by atoms with Gasteiger partial charge in [-0.2, -0.15) is 0 Å². The largest absolute Gasteiger partial charge is 0.378 e. The molecule has 2 aromatic carbocycles. The van der Waals surface area contributed by atoms with Crippen LogP contribution in [0, 0.1) is 13.8 Å². The van der Waals surface area contributed by atoms with Gasteiger partial charge in [-0.15, -0.1) is 0 Å². The molecule has 5 nitrogen and oxygen atoms in total. The Morgan fingerprint density at radius 2 is 1.78 bits per heavy atom. The minimum atomic E-state index is 0.145. The van der Waals surface area contributed by atoms with E-state index in [1.165, 1.54) is 5.56 Å². The standard InChI is InChI=1S/C21H25N3O2S/c1-15-3-4-16(2)19(13-15)23-21(27)22-18-7-5-17(6-8-18)14-20(25)24-9-11-26-12-10-24/h3-8,13H,9-12,14H2,1-2H3,(H2,22,23,27). The lowest BCUT2D eigenvalue weighted by molar-refractivity contribution is -0.134. The number of carbonyl (C=O) groups excluding carboxylic acids is 1. The Bertz CT molecular complexity index is 815. The van der Waals surface area contributed by atoms with Gasteiger partial charge in [-0.05, 0) is 61.0 Å². The summed E-state index contributed by atoms with van der Waals surface area (Å²) in [6, 6.07) is 14.0. The first-order valence-corrected chi connectivity index (χ1v) is 9.52. The molecular formula is C21H25N3O2S. The summed E-state index contributed by atoms with van der Waals surface area (Å²) in [5.41, 5.74) is 5.20. The molecule has 1 amide bonds. The first kappa shape index (κ1) is 19.3. The molecule has 2 N–H and O–H groups in total. The van der Waals surface area contributed by atoms with Crippen LogP contribution in [-0.2, 0) is 16.0 Å². The summed E-state index contributed by atoms with van der Waals surface area (Å²) in [6.45, 7) is 6.70. The third-order valence-corrected chi connectivity index (χ3v) is 4.78. The predicted molar refractivity (Wildman–Crippen MR) is 113 cm³/mol. The van der Waals surface area contributed by atoms with Crippen LogP contribution in [0.4, 0.5) is 11.4 Å². The number of nitrogens with zero attached hydrogens (tertiary/aromatic N) is 1. The highest BCUT2D eigenvalue weighted by atomic mass is 32.1. The Kier molecular flexibility index (Phi) is 6.42. The Labute approximate surface area is 165 Å². The smallest absolute Gasteiger partial charge is 0.227 e. The van der Waals surface area contributed by atoms with Gasteiger partial charge in [0.05, 0.1) is 19.6 Å². The molecule has 1 aliphatic rings. The topological polar surface area (TPSA) is 53.6 Å². The van der Waals surface area contributed by atoms with Gasteiger partial charge in [0, 0.05) is 24.5 Å². The summed E-state index contributed by atoms with van der Waals surface area (Å²) in [5.74, 6) is 0.145. The maximum atomic E-state index is 12.3. The summed E-state index contributed by atoms with van der Waals surface area (Å²) in [7, 11) is 0. The molecular weight excluding hydrogens is 358 g/mol. The number of carbonyl (C=O) groups is 1. The molecule has 1 aliphatic heterocycles. The van der Waals surface area contributed by atoms with Gasteiger partial charge in [0.1, 0.15) is 0 Å². The summed E-state index contributed by atoms with van der Waals surface area (Å²) in [6.07, 6.45) is 0.408. The Morgan fingerprint density at radius 1 is 1.07 bits per heavy atom. The van der Waals surface area contributed by atoms with Crippen molar-refractivity contribution in [2.24, 2.45) is 0 Å². The predicted octanol–water partition coefficient (Wildman–Crippen LogP) is 3.51. The lowest BCUT2D eigenvalue weighted by Gasteiger charge is -2.26. The third-order valence-electron chi connectivity index (χ3n) is 4.57. The number of nitrogens with one attached hydrogen (secondary N) is 2. The lowest BCUT2D eigenvalue weighted by atomic mass is 10.1. The molecule has 0 unspecified atom stereocenters. The number of morpholine rings is 1. The van der Waals surface area contributed by atoms with E-state index < -0.39 is 0 Å². The van der Waals surface area contributed by atoms with Crippen molar-refractivity contribution >= 4 is 34.6 Å². The molecule has 0 saturated carbocycles. The molecule has 27 heavy (non-hydrogen) atoms. The zero-order chi connectivity index (χ0) is 19.2. The van der Waals surface area contributed by atoms with Crippen molar-refractivity contribution in [2.75, 3.05) is 36.9 Å². The van der Waals surface area contributed by atoms with Crippen LogP contribution in [-0.4, -0.2) is 42.2 Å². The molecule has 0 radical (unpaired) electrons. The van der Waals surface area contributed by atoms with E-state index in [0.29, 0.717) is 37.8 Å². The molecule has 0 spiro atoms. The van der Waals surface area contributed by atoms with Crippen LogP contribution >= 0.6 is 12.2 Å². The molecule has 2 aromatic rings. The SMILES string of the molecule is Cc1ccc(C)c(NC(=S)Nc2ccc(CC(=O)N3CCOCC3)cc2)c1. The highest BCUT2D eigenvalue weighted by molar-refractivity contribution is 7.80. The minimum Gasteiger partial charge on any atom is -0.378 e. The van der Waals surface area contributed by atoms with E-state index in [1.807, 2.05) is 36.1 Å². The van der Waals surface area contributed by atoms with E-state index in [0.717, 1.165) is 22.5 Å². The molecule has 6 heteroatoms. The Hall–Kier alpha value is -2.44. The van der Waals surface area contributed by atoms with Gasteiger partial charge < -0.3 is 20.3 Å². The van der Waals surface area contributed by atoms with E-state index >= 15 is 0 Å². The van der Waals surface area contributed by atoms with E-state index in [-0.39, 0.29) is 5.91 Å². The second kappa shape index (κ2) is 8.97. The fraction of sp³-hybridized carbons (Fsp3) is 0.333. The normalized spacial score (nSPS) is 13.9. The Balaban J connectivity index is 1.54. The number of hydrogen-bond donors (Lipinski definition) is 2. The molecule has 0 bridgehead atoms. The summed E-state index contributed by atoms with van der Waals surface area (Å²) in [5, 5.41) is 6.97. The zero-order valence-electron chi connectivity index (χ0n) is 15.7. The summed E-state index contributed by atoms with van der Waals surface area (Å²) < 4.78 is 5.29. The molecule has 3 rings (SSSR count). The van der Waals surface area contributed by atoms with Crippen LogP contribution in [0.2, 0.25) is 0 Å². The second-order valence-corrected chi connectivity index (χ2v) is 7.17. The van der Waals surface area contributed by atoms with Crippen molar-refractivity contribution in [2.45, 2.75) is 20.3 Å². The van der Waals surface area contributed by atoms with Crippen molar-refractivity contribution in [3.8, 4) is 0 Å². The van der Waals surface area contributed by atoms with Gasteiger partial charge in [0.15, 0.2) is 5.11 Å². The van der Waals surface area contributed by atoms with Crippen molar-refractivity contribution in [1.29, 1.82) is 0 Å². The van der Waals surface area contributed by atoms with Crippen LogP contribution in [0.5, 0.6) is 0 Å². The Morgan fingerprint density at radius 3 is 2.48 bits per heavy atom. The molecule has 0 aromatic heterocycles. The lowest BCUT2D eigenvalue weighted by Crippen LogP contribution is -2.41. The van der Waals surface area contributed by atoms with Gasteiger partial charge in [0.2, 0.25) is 5.91 Å². The number of anilines is 2. The van der Waals surface area contributed by atoms with Gasteiger partial charge in [-0.1, -0.05) is 24.3 Å². The maximum Gasteiger partial charge on any atom is 0.227 e. The van der Waals surface area contributed by atoms with Crippen LogP contribution in [0.25, 0.3) is 0 Å². The molecule has 142 valence electrons. The number of hydrogen-bond acceptors (Lipinski definition) is 3. The molecule has 1 saturated heterocycles. The van der Waals surface area contributed by atoms with Crippen LogP contribution in [0.1, 0.15) is 16.7 Å². The second-order valence-electron chi connectivity index (χ2n) is 6.76. The van der Waals surface area contributed by atoms with Crippen molar-refractivity contribution in [1.82, 2.24) is 4.90 Å². The molecule has 1 fully saturated rings. The first-order chi connectivity index (χ1) is 13.0. The minimum absolute atomic E-state index is 0.145. The quantitative estimate of drug-likeness (QED) is 0.792. The molecule has 1 heterocycles. The van der Waals surface area contributed by atoms with Crippen molar-refractivity contribution in [3.05, 3.63) is 59.2 Å². The van der Waals surface area contributed by atoms with Gasteiger partial charge in [-0.25, -0.2) is 0 Å². The average Bonchev–Trinajstić information content (AvgIpc) is 2.67. The van der Waals surface area contributed by atoms with Gasteiger partial charge in [0.25, 0.3) is 0 Å². The van der Waals surface area contributed by atoms with Crippen LogP contribution < -0.4 is 10.6 Å². The fourth-order valence-corrected chi connectivity index (χ4v) is 3.19. The van der Waals surface area contributed by atoms with Crippen LogP contribution in [0.15, 0.2) is 42.5 Å². The van der Waals surface area contributed by atoms with Crippen LogP contribution in [0.3, 0.4) is 0 Å². The monoisotopic (exact) mass is 383 g/mol. The highest BCUT2D eigenvalue weighted by Gasteiger charge is 2.16. The number of thiocarbonyl (C=S) groups is 1. The fourth-order valence-electron chi connectivity index (χ4n) is 2.96. The van der Waals surface area contributed by atoms with E-state index in [2.05, 4.69) is 35.8 Å². The van der Waals surface area contributed by atoms with Crippen molar-refractivity contribution < 1.29 is 9.53 Å². The number of ether oxygens (including phenoxy) is 1. The maximum absolute atomic E-state index is 12.3. The number of aryl methyl sites for hydroxylation is 2. The van der Waals surface area contributed by atoms with E-state index in [1.54, 1.807) is 0 Å². The summed E-state index contributed by atoms with van der Waals surface area (Å²) >= 11 is 5.41. The van der Waals surface area contributed by atoms with E-state index in [9.17, 15) is 4.79 Å². The number of benzene rings is 2. The number of rotatable bonds is 4. The number of amides is 1. The third kappa shape index (κ3) is 5.52. The van der Waals surface area contributed by atoms with Crippen molar-refractivity contribution in [3.63, 3.8) is 0 Å². The molecule has 0 aliphatic carbocycles. The zero-order valence-corrected chi connectivity index (χ0v) is 16.6. The summed E-state index contributed by atoms with van der Waals surface area (Å²) in [4.78, 5) is 14.2. The highest BCUT2D eigenvalue weighted by Crippen LogP contribution is 2.17. The first-order valence-electron chi connectivity index (χ1n) is 9.11. The molecule has 0 atom stereocenters.